The zero-order valence-electron chi connectivity index (χ0n) is 16.6. The normalized spacial score (nSPS) is 11.7. The van der Waals surface area contributed by atoms with Crippen molar-refractivity contribution in [2.24, 2.45) is 0 Å². The molecule has 1 aromatic heterocycles. The fraction of sp³-hybridized carbons (Fsp3) is 0.182. The van der Waals surface area contributed by atoms with Gasteiger partial charge in [-0.2, -0.15) is 0 Å². The summed E-state index contributed by atoms with van der Waals surface area (Å²) in [7, 11) is 0. The van der Waals surface area contributed by atoms with Gasteiger partial charge in [-0.15, -0.1) is 16.8 Å². The maximum absolute atomic E-state index is 14.2. The number of rotatable bonds is 8. The summed E-state index contributed by atoms with van der Waals surface area (Å²) >= 11 is 1.21. The summed E-state index contributed by atoms with van der Waals surface area (Å²) in [6.45, 7) is 7.32. The number of nitrogens with one attached hydrogen (secondary N) is 1. The lowest BCUT2D eigenvalue weighted by Gasteiger charge is -2.13. The minimum atomic E-state index is -0.507. The standard InChI is InChI=1S/C22H21FN4O2S/c1-4-12-27-20(18-10-5-6-11-19(18)23)25-26-22(27)30-15(3)21(29)24-17-9-7-8-16(13-17)14(2)28/h4-11,13,15H,1,12H2,2-3H3,(H,24,29). The van der Waals surface area contributed by atoms with Crippen molar-refractivity contribution in [3.63, 3.8) is 0 Å². The van der Waals surface area contributed by atoms with E-state index in [4.69, 9.17) is 0 Å². The maximum Gasteiger partial charge on any atom is 0.237 e. The molecule has 154 valence electrons. The Labute approximate surface area is 178 Å². The summed E-state index contributed by atoms with van der Waals surface area (Å²) in [5, 5.41) is 11.1. The number of aromatic nitrogens is 3. The predicted molar refractivity (Wildman–Crippen MR) is 116 cm³/mol. The zero-order valence-corrected chi connectivity index (χ0v) is 17.4. The second kappa shape index (κ2) is 9.49. The van der Waals surface area contributed by atoms with Crippen LogP contribution in [0, 0.1) is 5.82 Å². The Morgan fingerprint density at radius 2 is 2.00 bits per heavy atom. The number of ketones is 1. The summed E-state index contributed by atoms with van der Waals surface area (Å²) in [6.07, 6.45) is 1.66. The first-order valence-electron chi connectivity index (χ1n) is 9.28. The average Bonchev–Trinajstić information content (AvgIpc) is 3.11. The van der Waals surface area contributed by atoms with Gasteiger partial charge in [0, 0.05) is 17.8 Å². The van der Waals surface area contributed by atoms with Gasteiger partial charge in [-0.1, -0.05) is 42.1 Å². The van der Waals surface area contributed by atoms with Crippen molar-refractivity contribution >= 4 is 29.1 Å². The Kier molecular flexibility index (Phi) is 6.79. The molecule has 0 fully saturated rings. The minimum Gasteiger partial charge on any atom is -0.325 e. The van der Waals surface area contributed by atoms with Crippen molar-refractivity contribution in [2.75, 3.05) is 5.32 Å². The molecule has 1 heterocycles. The first kappa shape index (κ1) is 21.4. The molecule has 1 atom stereocenters. The van der Waals surface area contributed by atoms with Crippen molar-refractivity contribution in [2.45, 2.75) is 30.8 Å². The molecule has 1 N–H and O–H groups in total. The van der Waals surface area contributed by atoms with E-state index in [1.807, 2.05) is 0 Å². The number of allylic oxidation sites excluding steroid dienone is 1. The first-order chi connectivity index (χ1) is 14.4. The van der Waals surface area contributed by atoms with Crippen LogP contribution in [-0.2, 0) is 11.3 Å². The summed E-state index contributed by atoms with van der Waals surface area (Å²) < 4.78 is 15.9. The SMILES string of the molecule is C=CCn1c(SC(C)C(=O)Nc2cccc(C(C)=O)c2)nnc1-c1ccccc1F. The Hall–Kier alpha value is -3.26. The van der Waals surface area contributed by atoms with Gasteiger partial charge >= 0.3 is 0 Å². The fourth-order valence-corrected chi connectivity index (χ4v) is 3.64. The number of anilines is 1. The number of hydrogen-bond donors (Lipinski definition) is 1. The number of hydrogen-bond acceptors (Lipinski definition) is 5. The van der Waals surface area contributed by atoms with Crippen molar-refractivity contribution in [1.82, 2.24) is 14.8 Å². The predicted octanol–water partition coefficient (Wildman–Crippen LogP) is 4.59. The van der Waals surface area contributed by atoms with Crippen LogP contribution < -0.4 is 5.32 Å². The van der Waals surface area contributed by atoms with Gasteiger partial charge in [-0.3, -0.25) is 14.2 Å². The lowest BCUT2D eigenvalue weighted by atomic mass is 10.1. The molecule has 0 saturated carbocycles. The Morgan fingerprint density at radius 3 is 2.70 bits per heavy atom. The number of amides is 1. The molecular formula is C22H21FN4O2S. The Morgan fingerprint density at radius 1 is 1.23 bits per heavy atom. The third-order valence-electron chi connectivity index (χ3n) is 4.33. The van der Waals surface area contributed by atoms with E-state index < -0.39 is 11.1 Å². The van der Waals surface area contributed by atoms with Crippen LogP contribution >= 0.6 is 11.8 Å². The topological polar surface area (TPSA) is 76.9 Å². The van der Waals surface area contributed by atoms with E-state index in [2.05, 4.69) is 22.1 Å². The van der Waals surface area contributed by atoms with Crippen LogP contribution in [0.15, 0.2) is 66.3 Å². The molecule has 1 unspecified atom stereocenters. The van der Waals surface area contributed by atoms with Gasteiger partial charge in [-0.25, -0.2) is 4.39 Å². The summed E-state index contributed by atoms with van der Waals surface area (Å²) in [5.41, 5.74) is 1.39. The van der Waals surface area contributed by atoms with Gasteiger partial charge in [-0.05, 0) is 38.1 Å². The van der Waals surface area contributed by atoms with E-state index in [0.717, 1.165) is 0 Å². The number of carbonyl (C=O) groups is 2. The van der Waals surface area contributed by atoms with Crippen molar-refractivity contribution in [1.29, 1.82) is 0 Å². The first-order valence-corrected chi connectivity index (χ1v) is 10.2. The maximum atomic E-state index is 14.2. The monoisotopic (exact) mass is 424 g/mol. The number of carbonyl (C=O) groups excluding carboxylic acids is 2. The molecule has 0 spiro atoms. The molecule has 2 aromatic carbocycles. The van der Waals surface area contributed by atoms with Gasteiger partial charge in [0.2, 0.25) is 5.91 Å². The fourth-order valence-electron chi connectivity index (χ4n) is 2.78. The number of Topliss-reactive ketones (excluding diaryl/α,β-unsaturated/α-hetero) is 1. The molecule has 3 rings (SSSR count). The van der Waals surface area contributed by atoms with Crippen LogP contribution in [0.1, 0.15) is 24.2 Å². The molecule has 0 aliphatic rings. The lowest BCUT2D eigenvalue weighted by molar-refractivity contribution is -0.115. The van der Waals surface area contributed by atoms with Gasteiger partial charge in [0.25, 0.3) is 0 Å². The van der Waals surface area contributed by atoms with E-state index >= 15 is 0 Å². The van der Waals surface area contributed by atoms with Crippen LogP contribution in [0.3, 0.4) is 0 Å². The van der Waals surface area contributed by atoms with Crippen molar-refractivity contribution in [3.8, 4) is 11.4 Å². The molecule has 0 saturated heterocycles. The smallest absolute Gasteiger partial charge is 0.237 e. The van der Waals surface area contributed by atoms with E-state index in [9.17, 15) is 14.0 Å². The molecule has 30 heavy (non-hydrogen) atoms. The lowest BCUT2D eigenvalue weighted by Crippen LogP contribution is -2.23. The highest BCUT2D eigenvalue weighted by Gasteiger charge is 2.22. The highest BCUT2D eigenvalue weighted by molar-refractivity contribution is 8.00. The van der Waals surface area contributed by atoms with Gasteiger partial charge in [0.15, 0.2) is 16.8 Å². The highest BCUT2D eigenvalue weighted by atomic mass is 32.2. The molecule has 0 aliphatic heterocycles. The van der Waals surface area contributed by atoms with E-state index in [0.29, 0.717) is 34.3 Å². The largest absolute Gasteiger partial charge is 0.325 e. The molecule has 6 nitrogen and oxygen atoms in total. The number of thioether (sulfide) groups is 1. The number of benzene rings is 2. The zero-order chi connectivity index (χ0) is 21.7. The van der Waals surface area contributed by atoms with Crippen LogP contribution in [-0.4, -0.2) is 31.7 Å². The van der Waals surface area contributed by atoms with Crippen molar-refractivity contribution in [3.05, 3.63) is 72.6 Å². The average molecular weight is 425 g/mol. The second-order valence-corrected chi connectivity index (χ2v) is 7.88. The molecule has 8 heteroatoms. The van der Waals surface area contributed by atoms with Crippen LogP contribution in [0.5, 0.6) is 0 Å². The third-order valence-corrected chi connectivity index (χ3v) is 5.41. The summed E-state index contributed by atoms with van der Waals surface area (Å²) in [5.74, 6) is -0.354. The second-order valence-electron chi connectivity index (χ2n) is 6.57. The summed E-state index contributed by atoms with van der Waals surface area (Å²) in [4.78, 5) is 24.2. The van der Waals surface area contributed by atoms with E-state index in [1.54, 1.807) is 60.0 Å². The van der Waals surface area contributed by atoms with E-state index in [1.165, 1.54) is 24.8 Å². The van der Waals surface area contributed by atoms with Gasteiger partial charge in [0.05, 0.1) is 10.8 Å². The molecule has 0 radical (unpaired) electrons. The quantitative estimate of drug-likeness (QED) is 0.325. The Bertz CT molecular complexity index is 1100. The Balaban J connectivity index is 1.79. The molecular weight excluding hydrogens is 403 g/mol. The number of halogens is 1. The molecule has 1 amide bonds. The van der Waals surface area contributed by atoms with E-state index in [-0.39, 0.29) is 11.7 Å². The van der Waals surface area contributed by atoms with Gasteiger partial charge in [0.1, 0.15) is 5.82 Å². The van der Waals surface area contributed by atoms with Crippen LogP contribution in [0.2, 0.25) is 0 Å². The van der Waals surface area contributed by atoms with Crippen LogP contribution in [0.4, 0.5) is 10.1 Å². The molecule has 0 aliphatic carbocycles. The van der Waals surface area contributed by atoms with Crippen LogP contribution in [0.25, 0.3) is 11.4 Å². The minimum absolute atomic E-state index is 0.0771. The highest BCUT2D eigenvalue weighted by Crippen LogP contribution is 2.28. The van der Waals surface area contributed by atoms with Gasteiger partial charge < -0.3 is 5.32 Å². The summed E-state index contributed by atoms with van der Waals surface area (Å²) in [6, 6.07) is 13.1. The third kappa shape index (κ3) is 4.83. The number of nitrogens with zero attached hydrogens (tertiary/aromatic N) is 3. The molecule has 3 aromatic rings. The van der Waals surface area contributed by atoms with Crippen molar-refractivity contribution < 1.29 is 14.0 Å². The molecule has 0 bridgehead atoms.